The number of amides is 1. The molecule has 1 aromatic heterocycles. The van der Waals surface area contributed by atoms with Crippen molar-refractivity contribution in [2.75, 3.05) is 5.32 Å². The van der Waals surface area contributed by atoms with E-state index in [1.54, 1.807) is 23.5 Å². The Bertz CT molecular complexity index is 861. The van der Waals surface area contributed by atoms with Gasteiger partial charge < -0.3 is 5.32 Å². The van der Waals surface area contributed by atoms with E-state index in [2.05, 4.69) is 10.3 Å². The summed E-state index contributed by atoms with van der Waals surface area (Å²) in [4.78, 5) is 16.5. The Labute approximate surface area is 145 Å². The van der Waals surface area contributed by atoms with Gasteiger partial charge in [-0.1, -0.05) is 42.0 Å². The number of nitrogens with one attached hydrogen (secondary N) is 1. The quantitative estimate of drug-likeness (QED) is 0.676. The van der Waals surface area contributed by atoms with Crippen molar-refractivity contribution in [1.82, 2.24) is 4.98 Å². The lowest BCUT2D eigenvalue weighted by Gasteiger charge is -2.03. The van der Waals surface area contributed by atoms with Crippen LogP contribution in [0.3, 0.4) is 0 Å². The van der Waals surface area contributed by atoms with E-state index < -0.39 is 0 Å². The monoisotopic (exact) mass is 334 g/mol. The van der Waals surface area contributed by atoms with Gasteiger partial charge in [0.15, 0.2) is 0 Å². The Morgan fingerprint density at radius 3 is 2.38 bits per heavy atom. The zero-order valence-corrected chi connectivity index (χ0v) is 14.4. The Kier molecular flexibility index (Phi) is 4.87. The standard InChI is InChI=1S/C20H18N2OS/c1-14-3-5-16(6-4-14)7-12-20(23)22-18-10-8-17(9-11-18)19-13-24-15(2)21-19/h3-13H,1-2H3,(H,22,23)/b12-7+. The van der Waals surface area contributed by atoms with Crippen molar-refractivity contribution in [1.29, 1.82) is 0 Å². The fraction of sp³-hybridized carbons (Fsp3) is 0.100. The average molecular weight is 334 g/mol. The van der Waals surface area contributed by atoms with Crippen LogP contribution in [0.2, 0.25) is 0 Å². The number of rotatable bonds is 4. The number of anilines is 1. The summed E-state index contributed by atoms with van der Waals surface area (Å²) in [5.41, 5.74) is 4.99. The number of benzene rings is 2. The molecular weight excluding hydrogens is 316 g/mol. The van der Waals surface area contributed by atoms with Gasteiger partial charge >= 0.3 is 0 Å². The van der Waals surface area contributed by atoms with Crippen molar-refractivity contribution >= 4 is 29.0 Å². The highest BCUT2D eigenvalue weighted by atomic mass is 32.1. The van der Waals surface area contributed by atoms with E-state index in [4.69, 9.17) is 0 Å². The highest BCUT2D eigenvalue weighted by Crippen LogP contribution is 2.23. The van der Waals surface area contributed by atoms with Crippen LogP contribution in [0, 0.1) is 13.8 Å². The number of hydrogen-bond acceptors (Lipinski definition) is 3. The molecule has 2 aromatic carbocycles. The van der Waals surface area contributed by atoms with E-state index in [9.17, 15) is 4.79 Å². The molecule has 120 valence electrons. The molecular formula is C20H18N2OS. The molecule has 4 heteroatoms. The minimum Gasteiger partial charge on any atom is -0.323 e. The topological polar surface area (TPSA) is 42.0 Å². The zero-order valence-electron chi connectivity index (χ0n) is 13.6. The van der Waals surface area contributed by atoms with E-state index in [-0.39, 0.29) is 5.91 Å². The fourth-order valence-electron chi connectivity index (χ4n) is 2.25. The molecule has 0 unspecified atom stereocenters. The molecule has 24 heavy (non-hydrogen) atoms. The van der Waals surface area contributed by atoms with Gasteiger partial charge in [0.25, 0.3) is 0 Å². The molecule has 0 spiro atoms. The Morgan fingerprint density at radius 1 is 1.04 bits per heavy atom. The second-order valence-electron chi connectivity index (χ2n) is 5.56. The summed E-state index contributed by atoms with van der Waals surface area (Å²) in [5.74, 6) is -0.146. The maximum absolute atomic E-state index is 12.0. The van der Waals surface area contributed by atoms with E-state index in [0.717, 1.165) is 27.5 Å². The second-order valence-corrected chi connectivity index (χ2v) is 6.62. The Balaban J connectivity index is 1.63. The van der Waals surface area contributed by atoms with Crippen LogP contribution >= 0.6 is 11.3 Å². The third-order valence-electron chi connectivity index (χ3n) is 3.57. The van der Waals surface area contributed by atoms with Crippen LogP contribution in [0.1, 0.15) is 16.1 Å². The fourth-order valence-corrected chi connectivity index (χ4v) is 2.88. The molecule has 0 fully saturated rings. The Hall–Kier alpha value is -2.72. The van der Waals surface area contributed by atoms with Crippen molar-refractivity contribution < 1.29 is 4.79 Å². The largest absolute Gasteiger partial charge is 0.323 e. The van der Waals surface area contributed by atoms with Gasteiger partial charge in [-0.05, 0) is 37.6 Å². The number of hydrogen-bond donors (Lipinski definition) is 1. The molecule has 0 saturated carbocycles. The lowest BCUT2D eigenvalue weighted by atomic mass is 10.1. The lowest BCUT2D eigenvalue weighted by Crippen LogP contribution is -2.07. The highest BCUT2D eigenvalue weighted by Gasteiger charge is 2.03. The third kappa shape index (κ3) is 4.18. The third-order valence-corrected chi connectivity index (χ3v) is 4.35. The van der Waals surface area contributed by atoms with E-state index in [1.165, 1.54) is 5.56 Å². The SMILES string of the molecule is Cc1ccc(/C=C/C(=O)Nc2ccc(-c3csc(C)n3)cc2)cc1. The van der Waals surface area contributed by atoms with E-state index in [0.29, 0.717) is 0 Å². The van der Waals surface area contributed by atoms with Crippen molar-refractivity contribution in [3.05, 3.63) is 76.1 Å². The maximum Gasteiger partial charge on any atom is 0.248 e. The minimum absolute atomic E-state index is 0.146. The van der Waals surface area contributed by atoms with Crippen molar-refractivity contribution in [2.45, 2.75) is 13.8 Å². The van der Waals surface area contributed by atoms with Crippen LogP contribution in [0.15, 0.2) is 60.0 Å². The highest BCUT2D eigenvalue weighted by molar-refractivity contribution is 7.09. The van der Waals surface area contributed by atoms with Gasteiger partial charge in [-0.3, -0.25) is 4.79 Å². The lowest BCUT2D eigenvalue weighted by molar-refractivity contribution is -0.111. The molecule has 3 aromatic rings. The molecule has 0 aliphatic heterocycles. The maximum atomic E-state index is 12.0. The molecule has 3 nitrogen and oxygen atoms in total. The molecule has 1 N–H and O–H groups in total. The second kappa shape index (κ2) is 7.23. The normalized spacial score (nSPS) is 10.9. The number of nitrogens with zero attached hydrogens (tertiary/aromatic N) is 1. The van der Waals surface area contributed by atoms with Gasteiger partial charge in [0.05, 0.1) is 10.7 Å². The molecule has 0 aliphatic rings. The number of aromatic nitrogens is 1. The van der Waals surface area contributed by atoms with E-state index >= 15 is 0 Å². The van der Waals surface area contributed by atoms with Crippen LogP contribution in [0.4, 0.5) is 5.69 Å². The first-order valence-corrected chi connectivity index (χ1v) is 8.56. The molecule has 0 atom stereocenters. The average Bonchev–Trinajstić information content (AvgIpc) is 3.01. The predicted molar refractivity (Wildman–Crippen MR) is 101 cm³/mol. The van der Waals surface area contributed by atoms with Crippen LogP contribution < -0.4 is 5.32 Å². The van der Waals surface area contributed by atoms with Gasteiger partial charge in [-0.2, -0.15) is 0 Å². The summed E-state index contributed by atoms with van der Waals surface area (Å²) in [6.45, 7) is 4.03. The predicted octanol–water partition coefficient (Wildman–Crippen LogP) is 5.08. The summed E-state index contributed by atoms with van der Waals surface area (Å²) < 4.78 is 0. The van der Waals surface area contributed by atoms with Crippen LogP contribution in [-0.4, -0.2) is 10.9 Å². The number of carbonyl (C=O) groups excluding carboxylic acids is 1. The molecule has 1 amide bonds. The summed E-state index contributed by atoms with van der Waals surface area (Å²) in [6, 6.07) is 15.7. The molecule has 1 heterocycles. The van der Waals surface area contributed by atoms with Crippen molar-refractivity contribution in [2.24, 2.45) is 0 Å². The molecule has 0 aliphatic carbocycles. The summed E-state index contributed by atoms with van der Waals surface area (Å²) in [5, 5.41) is 5.94. The minimum atomic E-state index is -0.146. The van der Waals surface area contributed by atoms with Crippen LogP contribution in [0.25, 0.3) is 17.3 Å². The van der Waals surface area contributed by atoms with Gasteiger partial charge in [0.1, 0.15) is 0 Å². The van der Waals surface area contributed by atoms with Gasteiger partial charge in [0, 0.05) is 22.7 Å². The van der Waals surface area contributed by atoms with Crippen LogP contribution in [0.5, 0.6) is 0 Å². The van der Waals surface area contributed by atoms with Crippen molar-refractivity contribution in [3.8, 4) is 11.3 Å². The van der Waals surface area contributed by atoms with Crippen LogP contribution in [-0.2, 0) is 4.79 Å². The number of thiazole rings is 1. The van der Waals surface area contributed by atoms with Gasteiger partial charge in [-0.15, -0.1) is 11.3 Å². The molecule has 0 bridgehead atoms. The first kappa shape index (κ1) is 16.1. The van der Waals surface area contributed by atoms with Gasteiger partial charge in [-0.25, -0.2) is 4.98 Å². The molecule has 0 radical (unpaired) electrons. The number of aryl methyl sites for hydroxylation is 2. The van der Waals surface area contributed by atoms with E-state index in [1.807, 2.05) is 67.8 Å². The number of carbonyl (C=O) groups is 1. The van der Waals surface area contributed by atoms with Gasteiger partial charge in [0.2, 0.25) is 5.91 Å². The summed E-state index contributed by atoms with van der Waals surface area (Å²) in [7, 11) is 0. The smallest absolute Gasteiger partial charge is 0.248 e. The first-order valence-electron chi connectivity index (χ1n) is 7.68. The molecule has 0 saturated heterocycles. The Morgan fingerprint density at radius 2 is 1.75 bits per heavy atom. The van der Waals surface area contributed by atoms with Crippen molar-refractivity contribution in [3.63, 3.8) is 0 Å². The summed E-state index contributed by atoms with van der Waals surface area (Å²) >= 11 is 1.63. The first-order chi connectivity index (χ1) is 11.6. The summed E-state index contributed by atoms with van der Waals surface area (Å²) in [6.07, 6.45) is 3.35. The molecule has 3 rings (SSSR count). The zero-order chi connectivity index (χ0) is 16.9.